The molecule has 17 heavy (non-hydrogen) atoms. The fourth-order valence-electron chi connectivity index (χ4n) is 2.66. The van der Waals surface area contributed by atoms with Crippen LogP contribution in [0, 0.1) is 5.41 Å². The van der Waals surface area contributed by atoms with Crippen LogP contribution in [0.15, 0.2) is 0 Å². The Hall–Kier alpha value is -0.0900. The van der Waals surface area contributed by atoms with Gasteiger partial charge in [0.25, 0.3) is 0 Å². The van der Waals surface area contributed by atoms with Crippen molar-refractivity contribution in [3.63, 3.8) is 0 Å². The van der Waals surface area contributed by atoms with Crippen LogP contribution in [0.3, 0.4) is 0 Å². The van der Waals surface area contributed by atoms with Gasteiger partial charge in [-0.25, -0.2) is 0 Å². The second-order valence-electron chi connectivity index (χ2n) is 4.94. The number of carbonyl (C=O) groups excluding carboxylic acids is 1. The molecule has 0 radical (unpaired) electrons. The molecule has 1 fully saturated rings. The summed E-state index contributed by atoms with van der Waals surface area (Å²) in [5.74, 6) is 0.237. The topological polar surface area (TPSA) is 38.3 Å². The summed E-state index contributed by atoms with van der Waals surface area (Å²) in [6, 6.07) is 0.135. The van der Waals surface area contributed by atoms with Crippen LogP contribution in [-0.4, -0.2) is 31.0 Å². The van der Waals surface area contributed by atoms with Crippen molar-refractivity contribution in [2.24, 2.45) is 5.41 Å². The maximum absolute atomic E-state index is 12.4. The van der Waals surface area contributed by atoms with Gasteiger partial charge in [0.15, 0.2) is 0 Å². The predicted molar refractivity (Wildman–Crippen MR) is 73.4 cm³/mol. The largest absolute Gasteiger partial charge is 0.383 e. The number of hydrogen-bond donors (Lipinski definition) is 1. The molecule has 0 heterocycles. The SMILES string of the molecule is CCC1(C(=O)NC(CCBr)COC)CCCC1. The number of amides is 1. The Kier molecular flexibility index (Phi) is 6.49. The zero-order valence-electron chi connectivity index (χ0n) is 10.9. The van der Waals surface area contributed by atoms with Gasteiger partial charge >= 0.3 is 0 Å². The molecule has 1 aliphatic rings. The summed E-state index contributed by atoms with van der Waals surface area (Å²) in [7, 11) is 1.68. The van der Waals surface area contributed by atoms with E-state index in [2.05, 4.69) is 28.2 Å². The number of hydrogen-bond acceptors (Lipinski definition) is 2. The van der Waals surface area contributed by atoms with Crippen molar-refractivity contribution >= 4 is 21.8 Å². The molecule has 1 N–H and O–H groups in total. The van der Waals surface area contributed by atoms with Gasteiger partial charge in [-0.3, -0.25) is 4.79 Å². The van der Waals surface area contributed by atoms with Gasteiger partial charge in [-0.05, 0) is 25.7 Å². The zero-order valence-corrected chi connectivity index (χ0v) is 12.5. The Bertz CT molecular complexity index is 234. The van der Waals surface area contributed by atoms with Crippen LogP contribution >= 0.6 is 15.9 Å². The summed E-state index contributed by atoms with van der Waals surface area (Å²) in [6.45, 7) is 2.72. The highest BCUT2D eigenvalue weighted by Crippen LogP contribution is 2.41. The highest BCUT2D eigenvalue weighted by atomic mass is 79.9. The third-order valence-electron chi connectivity index (χ3n) is 3.88. The number of rotatable bonds is 7. The molecule has 1 amide bonds. The van der Waals surface area contributed by atoms with Gasteiger partial charge in [0.2, 0.25) is 5.91 Å². The molecule has 3 nitrogen and oxygen atoms in total. The Morgan fingerprint density at radius 2 is 2.12 bits per heavy atom. The van der Waals surface area contributed by atoms with Gasteiger partial charge in [-0.2, -0.15) is 0 Å². The Morgan fingerprint density at radius 3 is 2.59 bits per heavy atom. The molecule has 0 aromatic carbocycles. The van der Waals surface area contributed by atoms with Gasteiger partial charge < -0.3 is 10.1 Å². The lowest BCUT2D eigenvalue weighted by molar-refractivity contribution is -0.132. The minimum Gasteiger partial charge on any atom is -0.383 e. The molecule has 0 aromatic rings. The molecule has 4 heteroatoms. The smallest absolute Gasteiger partial charge is 0.226 e. The molecule has 1 unspecified atom stereocenters. The van der Waals surface area contributed by atoms with Gasteiger partial charge in [0.05, 0.1) is 12.6 Å². The van der Waals surface area contributed by atoms with Crippen molar-refractivity contribution in [1.29, 1.82) is 0 Å². The van der Waals surface area contributed by atoms with Crippen LogP contribution < -0.4 is 5.32 Å². The van der Waals surface area contributed by atoms with Crippen LogP contribution in [0.5, 0.6) is 0 Å². The molecule has 100 valence electrons. The first-order chi connectivity index (χ1) is 8.18. The third kappa shape index (κ3) is 3.95. The molecular formula is C13H24BrNO2. The van der Waals surface area contributed by atoms with Gasteiger partial charge in [-0.15, -0.1) is 0 Å². The van der Waals surface area contributed by atoms with E-state index in [0.29, 0.717) is 6.61 Å². The Morgan fingerprint density at radius 1 is 1.47 bits per heavy atom. The molecular weight excluding hydrogens is 282 g/mol. The molecule has 1 rings (SSSR count). The van der Waals surface area contributed by atoms with Crippen molar-refractivity contribution in [1.82, 2.24) is 5.32 Å². The van der Waals surface area contributed by atoms with E-state index in [1.807, 2.05) is 0 Å². The minimum atomic E-state index is -0.0989. The number of alkyl halides is 1. The average molecular weight is 306 g/mol. The molecule has 0 spiro atoms. The van der Waals surface area contributed by atoms with E-state index >= 15 is 0 Å². The lowest BCUT2D eigenvalue weighted by Crippen LogP contribution is -2.46. The minimum absolute atomic E-state index is 0.0989. The molecule has 0 aliphatic heterocycles. The van der Waals surface area contributed by atoms with E-state index in [-0.39, 0.29) is 17.4 Å². The van der Waals surface area contributed by atoms with Crippen LogP contribution in [0.1, 0.15) is 45.4 Å². The monoisotopic (exact) mass is 305 g/mol. The molecule has 1 aliphatic carbocycles. The zero-order chi connectivity index (χ0) is 12.7. The summed E-state index contributed by atoms with van der Waals surface area (Å²) in [4.78, 5) is 12.4. The number of halogens is 1. The summed E-state index contributed by atoms with van der Waals surface area (Å²) in [6.07, 6.45) is 6.34. The van der Waals surface area contributed by atoms with E-state index in [1.54, 1.807) is 7.11 Å². The van der Waals surface area contributed by atoms with E-state index in [4.69, 9.17) is 4.74 Å². The fourth-order valence-corrected chi connectivity index (χ4v) is 3.21. The van der Waals surface area contributed by atoms with Crippen molar-refractivity contribution in [2.75, 3.05) is 19.0 Å². The van der Waals surface area contributed by atoms with E-state index < -0.39 is 0 Å². The average Bonchev–Trinajstić information content (AvgIpc) is 2.79. The lowest BCUT2D eigenvalue weighted by atomic mass is 9.82. The number of ether oxygens (including phenoxy) is 1. The maximum atomic E-state index is 12.4. The van der Waals surface area contributed by atoms with Crippen molar-refractivity contribution in [3.8, 4) is 0 Å². The van der Waals surface area contributed by atoms with Gasteiger partial charge in [-0.1, -0.05) is 35.7 Å². The molecule has 1 atom stereocenters. The van der Waals surface area contributed by atoms with Crippen molar-refractivity contribution in [3.05, 3.63) is 0 Å². The van der Waals surface area contributed by atoms with E-state index in [0.717, 1.165) is 31.0 Å². The predicted octanol–water partition coefficient (Wildman–Crippen LogP) is 2.87. The number of methoxy groups -OCH3 is 1. The summed E-state index contributed by atoms with van der Waals surface area (Å²) < 4.78 is 5.15. The molecule has 0 bridgehead atoms. The van der Waals surface area contributed by atoms with Crippen molar-refractivity contribution in [2.45, 2.75) is 51.5 Å². The van der Waals surface area contributed by atoms with Crippen molar-refractivity contribution < 1.29 is 9.53 Å². The molecule has 0 saturated heterocycles. The van der Waals surface area contributed by atoms with E-state index in [1.165, 1.54) is 12.8 Å². The van der Waals surface area contributed by atoms with Gasteiger partial charge in [0, 0.05) is 17.9 Å². The summed E-state index contributed by atoms with van der Waals surface area (Å²) >= 11 is 3.42. The normalized spacial score (nSPS) is 20.2. The first-order valence-electron chi connectivity index (χ1n) is 6.54. The third-order valence-corrected chi connectivity index (χ3v) is 4.34. The van der Waals surface area contributed by atoms with E-state index in [9.17, 15) is 4.79 Å². The Labute approximate surface area is 113 Å². The van der Waals surface area contributed by atoms with Crippen LogP contribution in [-0.2, 0) is 9.53 Å². The second-order valence-corrected chi connectivity index (χ2v) is 5.74. The van der Waals surface area contributed by atoms with Crippen LogP contribution in [0.25, 0.3) is 0 Å². The maximum Gasteiger partial charge on any atom is 0.226 e. The second kappa shape index (κ2) is 7.37. The molecule has 1 saturated carbocycles. The number of nitrogens with one attached hydrogen (secondary N) is 1. The summed E-state index contributed by atoms with van der Waals surface area (Å²) in [5, 5.41) is 4.05. The van der Waals surface area contributed by atoms with Crippen LogP contribution in [0.4, 0.5) is 0 Å². The first-order valence-corrected chi connectivity index (χ1v) is 7.66. The number of carbonyl (C=O) groups is 1. The Balaban J connectivity index is 2.55. The highest BCUT2D eigenvalue weighted by Gasteiger charge is 2.39. The quantitative estimate of drug-likeness (QED) is 0.735. The standard InChI is InChI=1S/C13H24BrNO2/c1-3-13(7-4-5-8-13)12(16)15-11(6-9-14)10-17-2/h11H,3-10H2,1-2H3,(H,15,16). The molecule has 0 aromatic heterocycles. The lowest BCUT2D eigenvalue weighted by Gasteiger charge is -2.29. The van der Waals surface area contributed by atoms with Gasteiger partial charge in [0.1, 0.15) is 0 Å². The fraction of sp³-hybridized carbons (Fsp3) is 0.923. The van der Waals surface area contributed by atoms with Crippen LogP contribution in [0.2, 0.25) is 0 Å². The summed E-state index contributed by atoms with van der Waals surface area (Å²) in [5.41, 5.74) is -0.0989. The first kappa shape index (κ1) is 15.0. The highest BCUT2D eigenvalue weighted by molar-refractivity contribution is 9.09.